The second-order valence-corrected chi connectivity index (χ2v) is 6.99. The minimum Gasteiger partial charge on any atom is -0.361 e. The average molecular weight is 373 g/mol. The molecule has 2 aromatic heterocycles. The summed E-state index contributed by atoms with van der Waals surface area (Å²) in [5.41, 5.74) is 4.20. The molecule has 0 fully saturated rings. The molecule has 0 aliphatic heterocycles. The van der Waals surface area contributed by atoms with Gasteiger partial charge in [-0.05, 0) is 43.7 Å². The van der Waals surface area contributed by atoms with Gasteiger partial charge in [0.15, 0.2) is 0 Å². The van der Waals surface area contributed by atoms with Crippen LogP contribution in [-0.2, 0) is 17.9 Å². The molecule has 0 saturated carbocycles. The zero-order valence-corrected chi connectivity index (χ0v) is 16.3. The predicted octanol–water partition coefficient (Wildman–Crippen LogP) is 4.78. The van der Waals surface area contributed by atoms with Crippen molar-refractivity contribution in [3.63, 3.8) is 0 Å². The molecule has 5 heteroatoms. The Morgan fingerprint density at radius 2 is 1.93 bits per heavy atom. The first-order chi connectivity index (χ1) is 13.6. The van der Waals surface area contributed by atoms with Crippen molar-refractivity contribution in [3.05, 3.63) is 71.6 Å². The SMILES string of the molecule is CCn1c2ccccc2c2cc(/C=C\C(=O)N(C)Cc3cc(C)on3)ccc21. The van der Waals surface area contributed by atoms with E-state index in [9.17, 15) is 4.79 Å². The smallest absolute Gasteiger partial charge is 0.246 e. The van der Waals surface area contributed by atoms with Gasteiger partial charge in [0, 0.05) is 47.5 Å². The van der Waals surface area contributed by atoms with Gasteiger partial charge in [0.1, 0.15) is 11.5 Å². The maximum absolute atomic E-state index is 12.4. The third kappa shape index (κ3) is 3.31. The van der Waals surface area contributed by atoms with E-state index in [4.69, 9.17) is 4.52 Å². The standard InChI is InChI=1S/C23H23N3O2/c1-4-26-21-8-6-5-7-19(21)20-14-17(9-11-22(20)26)10-12-23(27)25(3)15-18-13-16(2)28-24-18/h5-14H,4,15H2,1-3H3/b12-10-. The Morgan fingerprint density at radius 1 is 1.14 bits per heavy atom. The summed E-state index contributed by atoms with van der Waals surface area (Å²) in [6, 6.07) is 16.6. The molecule has 1 amide bonds. The van der Waals surface area contributed by atoms with E-state index in [1.165, 1.54) is 21.8 Å². The van der Waals surface area contributed by atoms with Crippen LogP contribution >= 0.6 is 0 Å². The molecule has 0 unspecified atom stereocenters. The lowest BCUT2D eigenvalue weighted by molar-refractivity contribution is -0.125. The molecule has 5 nitrogen and oxygen atoms in total. The van der Waals surface area contributed by atoms with Crippen molar-refractivity contribution in [2.24, 2.45) is 0 Å². The predicted molar refractivity (Wildman–Crippen MR) is 112 cm³/mol. The minimum atomic E-state index is -0.0725. The monoisotopic (exact) mass is 373 g/mol. The molecule has 0 atom stereocenters. The summed E-state index contributed by atoms with van der Waals surface area (Å²) < 4.78 is 7.37. The number of likely N-dealkylation sites (N-methyl/N-ethyl adjacent to an activating group) is 1. The number of nitrogens with zero attached hydrogens (tertiary/aromatic N) is 3. The molecular weight excluding hydrogens is 350 g/mol. The molecule has 4 aromatic rings. The van der Waals surface area contributed by atoms with Crippen molar-refractivity contribution in [3.8, 4) is 0 Å². The fraction of sp³-hybridized carbons (Fsp3) is 0.217. The second kappa shape index (κ2) is 7.35. The van der Waals surface area contributed by atoms with Crippen molar-refractivity contribution in [2.45, 2.75) is 26.9 Å². The van der Waals surface area contributed by atoms with Gasteiger partial charge in [-0.2, -0.15) is 0 Å². The lowest BCUT2D eigenvalue weighted by atomic mass is 10.1. The van der Waals surface area contributed by atoms with Crippen molar-refractivity contribution in [1.29, 1.82) is 0 Å². The number of fused-ring (bicyclic) bond motifs is 3. The second-order valence-electron chi connectivity index (χ2n) is 6.99. The molecule has 2 heterocycles. The number of rotatable bonds is 5. The normalized spacial score (nSPS) is 11.7. The number of para-hydroxylation sites is 1. The van der Waals surface area contributed by atoms with E-state index in [1.807, 2.05) is 19.1 Å². The molecule has 4 rings (SSSR count). The molecule has 0 aliphatic rings. The molecule has 0 spiro atoms. The topological polar surface area (TPSA) is 51.3 Å². The summed E-state index contributed by atoms with van der Waals surface area (Å²) in [6.45, 7) is 5.34. The van der Waals surface area contributed by atoms with Crippen LogP contribution in [-0.4, -0.2) is 27.6 Å². The van der Waals surface area contributed by atoms with Crippen LogP contribution in [0.4, 0.5) is 0 Å². The summed E-state index contributed by atoms with van der Waals surface area (Å²) in [5.74, 6) is 0.669. The fourth-order valence-corrected chi connectivity index (χ4v) is 3.62. The van der Waals surface area contributed by atoms with E-state index in [0.29, 0.717) is 6.54 Å². The van der Waals surface area contributed by atoms with E-state index in [1.54, 1.807) is 18.0 Å². The molecule has 142 valence electrons. The van der Waals surface area contributed by atoms with Crippen LogP contribution in [0.5, 0.6) is 0 Å². The maximum Gasteiger partial charge on any atom is 0.246 e. The Labute approximate surface area is 163 Å². The molecule has 0 radical (unpaired) electrons. The van der Waals surface area contributed by atoms with Gasteiger partial charge >= 0.3 is 0 Å². The Hall–Kier alpha value is -3.34. The van der Waals surface area contributed by atoms with Crippen LogP contribution < -0.4 is 0 Å². The van der Waals surface area contributed by atoms with Crippen molar-refractivity contribution >= 4 is 33.8 Å². The Balaban J connectivity index is 1.59. The Kier molecular flexibility index (Phi) is 4.74. The fourth-order valence-electron chi connectivity index (χ4n) is 3.62. The highest BCUT2D eigenvalue weighted by atomic mass is 16.5. The van der Waals surface area contributed by atoms with Crippen LogP contribution in [0, 0.1) is 6.92 Å². The highest BCUT2D eigenvalue weighted by Crippen LogP contribution is 2.29. The van der Waals surface area contributed by atoms with E-state index >= 15 is 0 Å². The summed E-state index contributed by atoms with van der Waals surface area (Å²) in [5, 5.41) is 6.38. The summed E-state index contributed by atoms with van der Waals surface area (Å²) in [6.07, 6.45) is 3.47. The summed E-state index contributed by atoms with van der Waals surface area (Å²) in [7, 11) is 1.76. The Bertz CT molecular complexity index is 1180. The molecular formula is C23H23N3O2. The van der Waals surface area contributed by atoms with Gasteiger partial charge in [-0.3, -0.25) is 4.79 Å². The molecule has 0 aliphatic carbocycles. The van der Waals surface area contributed by atoms with Gasteiger partial charge in [0.05, 0.1) is 6.54 Å². The van der Waals surface area contributed by atoms with E-state index in [2.05, 4.69) is 59.1 Å². The quantitative estimate of drug-likeness (QED) is 0.473. The van der Waals surface area contributed by atoms with Crippen molar-refractivity contribution in [2.75, 3.05) is 7.05 Å². The maximum atomic E-state index is 12.4. The number of aromatic nitrogens is 2. The zero-order chi connectivity index (χ0) is 19.7. The molecule has 0 N–H and O–H groups in total. The third-order valence-corrected chi connectivity index (χ3v) is 4.98. The number of hydrogen-bond acceptors (Lipinski definition) is 3. The number of hydrogen-bond donors (Lipinski definition) is 0. The van der Waals surface area contributed by atoms with E-state index in [0.717, 1.165) is 23.6 Å². The molecule has 0 saturated heterocycles. The van der Waals surface area contributed by atoms with Crippen molar-refractivity contribution in [1.82, 2.24) is 14.6 Å². The third-order valence-electron chi connectivity index (χ3n) is 4.98. The average Bonchev–Trinajstić information content (AvgIpc) is 3.26. The zero-order valence-electron chi connectivity index (χ0n) is 16.3. The van der Waals surface area contributed by atoms with Crippen LogP contribution in [0.25, 0.3) is 27.9 Å². The van der Waals surface area contributed by atoms with Crippen LogP contribution in [0.1, 0.15) is 23.9 Å². The van der Waals surface area contributed by atoms with Gasteiger partial charge in [-0.15, -0.1) is 0 Å². The van der Waals surface area contributed by atoms with E-state index < -0.39 is 0 Å². The first kappa shape index (κ1) is 18.0. The van der Waals surface area contributed by atoms with Crippen LogP contribution in [0.15, 0.2) is 59.1 Å². The highest BCUT2D eigenvalue weighted by molar-refractivity contribution is 6.08. The number of carbonyl (C=O) groups is 1. The lowest BCUT2D eigenvalue weighted by Gasteiger charge is -2.12. The molecule has 2 aromatic carbocycles. The number of carbonyl (C=O) groups excluding carboxylic acids is 1. The molecule has 0 bridgehead atoms. The van der Waals surface area contributed by atoms with Gasteiger partial charge in [-0.25, -0.2) is 0 Å². The first-order valence-electron chi connectivity index (χ1n) is 9.43. The van der Waals surface area contributed by atoms with E-state index in [-0.39, 0.29) is 5.91 Å². The number of benzene rings is 2. The van der Waals surface area contributed by atoms with Crippen molar-refractivity contribution < 1.29 is 9.32 Å². The van der Waals surface area contributed by atoms with Crippen LogP contribution in [0.2, 0.25) is 0 Å². The number of amides is 1. The van der Waals surface area contributed by atoms with Gasteiger partial charge in [0.2, 0.25) is 5.91 Å². The largest absolute Gasteiger partial charge is 0.361 e. The number of aryl methyl sites for hydroxylation is 2. The Morgan fingerprint density at radius 3 is 2.68 bits per heavy atom. The van der Waals surface area contributed by atoms with Gasteiger partial charge < -0.3 is 14.0 Å². The first-order valence-corrected chi connectivity index (χ1v) is 9.43. The van der Waals surface area contributed by atoms with Gasteiger partial charge in [-0.1, -0.05) is 29.4 Å². The van der Waals surface area contributed by atoms with Gasteiger partial charge in [0.25, 0.3) is 0 Å². The lowest BCUT2D eigenvalue weighted by Crippen LogP contribution is -2.24. The minimum absolute atomic E-state index is 0.0725. The molecule has 28 heavy (non-hydrogen) atoms. The highest BCUT2D eigenvalue weighted by Gasteiger charge is 2.11. The summed E-state index contributed by atoms with van der Waals surface area (Å²) in [4.78, 5) is 14.1. The van der Waals surface area contributed by atoms with Crippen LogP contribution in [0.3, 0.4) is 0 Å². The summed E-state index contributed by atoms with van der Waals surface area (Å²) >= 11 is 0.